The molecule has 0 aliphatic carbocycles. The van der Waals surface area contributed by atoms with Gasteiger partial charge in [-0.3, -0.25) is 9.59 Å². The van der Waals surface area contributed by atoms with Crippen LogP contribution in [0.3, 0.4) is 0 Å². The summed E-state index contributed by atoms with van der Waals surface area (Å²) < 4.78 is 12.2. The number of carbonyl (C=O) groups excluding carboxylic acids is 2. The van der Waals surface area contributed by atoms with E-state index in [1.165, 1.54) is 0 Å². The molecule has 0 fully saturated rings. The van der Waals surface area contributed by atoms with Gasteiger partial charge in [-0.15, -0.1) is 5.10 Å². The van der Waals surface area contributed by atoms with Crippen LogP contribution >= 0.6 is 0 Å². The minimum atomic E-state index is -0.324. The van der Waals surface area contributed by atoms with Crippen molar-refractivity contribution in [2.75, 3.05) is 13.3 Å². The Morgan fingerprint density at radius 1 is 1.03 bits per heavy atom. The van der Waals surface area contributed by atoms with Crippen molar-refractivity contribution in [1.82, 2.24) is 25.6 Å². The predicted octanol–water partition coefficient (Wildman–Crippen LogP) is 1.98. The first-order valence-electron chi connectivity index (χ1n) is 9.54. The third kappa shape index (κ3) is 3.82. The van der Waals surface area contributed by atoms with Gasteiger partial charge in [-0.2, -0.15) is 0 Å². The highest BCUT2D eigenvalue weighted by Crippen LogP contribution is 2.32. The van der Waals surface area contributed by atoms with Crippen molar-refractivity contribution < 1.29 is 19.1 Å². The molecule has 1 aliphatic rings. The maximum atomic E-state index is 12.6. The van der Waals surface area contributed by atoms with Crippen LogP contribution in [0.5, 0.6) is 11.5 Å². The lowest BCUT2D eigenvalue weighted by Gasteiger charge is -2.07. The molecular weight excluding hydrogens is 386 g/mol. The van der Waals surface area contributed by atoms with Gasteiger partial charge in [-0.25, -0.2) is 4.68 Å². The maximum absolute atomic E-state index is 12.6. The molecule has 0 bridgehead atoms. The van der Waals surface area contributed by atoms with Crippen LogP contribution in [-0.4, -0.2) is 40.1 Å². The molecular formula is C21H21N5O4. The van der Waals surface area contributed by atoms with E-state index >= 15 is 0 Å². The second kappa shape index (κ2) is 8.24. The molecule has 1 aliphatic heterocycles. The fourth-order valence-corrected chi connectivity index (χ4v) is 3.12. The van der Waals surface area contributed by atoms with Gasteiger partial charge >= 0.3 is 0 Å². The molecule has 0 saturated heterocycles. The highest BCUT2D eigenvalue weighted by molar-refractivity contribution is 5.94. The van der Waals surface area contributed by atoms with Crippen molar-refractivity contribution in [2.45, 2.75) is 20.4 Å². The van der Waals surface area contributed by atoms with Crippen LogP contribution < -0.4 is 20.1 Å². The van der Waals surface area contributed by atoms with E-state index in [2.05, 4.69) is 20.9 Å². The van der Waals surface area contributed by atoms with Crippen molar-refractivity contribution >= 4 is 11.8 Å². The average Bonchev–Trinajstić information content (AvgIpc) is 3.38. The van der Waals surface area contributed by atoms with Crippen LogP contribution in [0, 0.1) is 6.92 Å². The monoisotopic (exact) mass is 407 g/mol. The number of amides is 2. The van der Waals surface area contributed by atoms with E-state index in [1.807, 2.05) is 25.1 Å². The molecule has 30 heavy (non-hydrogen) atoms. The van der Waals surface area contributed by atoms with Gasteiger partial charge in [-0.1, -0.05) is 11.3 Å². The molecule has 0 saturated carbocycles. The fourth-order valence-electron chi connectivity index (χ4n) is 3.12. The van der Waals surface area contributed by atoms with Crippen molar-refractivity contribution in [3.05, 3.63) is 65.0 Å². The lowest BCUT2D eigenvalue weighted by atomic mass is 10.2. The average molecular weight is 407 g/mol. The third-order valence-electron chi connectivity index (χ3n) is 4.71. The first-order chi connectivity index (χ1) is 14.6. The Balaban J connectivity index is 1.44. The van der Waals surface area contributed by atoms with Crippen molar-refractivity contribution in [3.63, 3.8) is 0 Å². The zero-order valence-electron chi connectivity index (χ0n) is 16.6. The number of ether oxygens (including phenoxy) is 2. The number of aromatic nitrogens is 3. The molecule has 1 aromatic heterocycles. The molecule has 2 amide bonds. The summed E-state index contributed by atoms with van der Waals surface area (Å²) >= 11 is 0. The second-order valence-electron chi connectivity index (χ2n) is 6.71. The van der Waals surface area contributed by atoms with Gasteiger partial charge in [0.25, 0.3) is 11.8 Å². The van der Waals surface area contributed by atoms with Gasteiger partial charge in [-0.05, 0) is 55.8 Å². The van der Waals surface area contributed by atoms with Crippen LogP contribution in [0.4, 0.5) is 0 Å². The number of rotatable bonds is 6. The third-order valence-corrected chi connectivity index (χ3v) is 4.71. The zero-order chi connectivity index (χ0) is 21.1. The molecule has 2 heterocycles. The van der Waals surface area contributed by atoms with Gasteiger partial charge in [0.2, 0.25) is 6.79 Å². The molecule has 0 atom stereocenters. The number of nitrogens with zero attached hydrogens (tertiary/aromatic N) is 3. The van der Waals surface area contributed by atoms with E-state index in [0.717, 1.165) is 5.56 Å². The molecule has 0 radical (unpaired) electrons. The second-order valence-corrected chi connectivity index (χ2v) is 6.71. The zero-order valence-corrected chi connectivity index (χ0v) is 16.6. The Kier molecular flexibility index (Phi) is 5.34. The fraction of sp³-hybridized carbons (Fsp3) is 0.238. The Bertz CT molecular complexity index is 1090. The normalized spacial score (nSPS) is 11.9. The quantitative estimate of drug-likeness (QED) is 0.647. The van der Waals surface area contributed by atoms with Crippen molar-refractivity contribution in [3.8, 4) is 17.2 Å². The van der Waals surface area contributed by atoms with Gasteiger partial charge in [0.15, 0.2) is 17.2 Å². The van der Waals surface area contributed by atoms with Crippen molar-refractivity contribution in [1.29, 1.82) is 0 Å². The Morgan fingerprint density at radius 3 is 2.57 bits per heavy atom. The molecule has 3 aromatic rings. The molecule has 2 N–H and O–H groups in total. The summed E-state index contributed by atoms with van der Waals surface area (Å²) in [5, 5.41) is 13.7. The van der Waals surface area contributed by atoms with Crippen LogP contribution in [0.25, 0.3) is 5.69 Å². The number of benzene rings is 2. The maximum Gasteiger partial charge on any atom is 0.274 e. The summed E-state index contributed by atoms with van der Waals surface area (Å²) in [4.78, 5) is 24.5. The molecule has 4 rings (SSSR count). The molecule has 2 aromatic carbocycles. The van der Waals surface area contributed by atoms with Gasteiger partial charge in [0, 0.05) is 18.7 Å². The SMILES string of the molecule is CCNC(=O)c1ccc(-n2nnc(C(=O)NCc3ccc4c(c3)OCO4)c2C)cc1. The molecule has 0 spiro atoms. The van der Waals surface area contributed by atoms with Crippen LogP contribution in [0.15, 0.2) is 42.5 Å². The minimum Gasteiger partial charge on any atom is -0.454 e. The highest BCUT2D eigenvalue weighted by Gasteiger charge is 2.18. The Hall–Kier alpha value is -3.88. The number of hydrogen-bond donors (Lipinski definition) is 2. The molecule has 154 valence electrons. The topological polar surface area (TPSA) is 107 Å². The first kappa shape index (κ1) is 19.4. The highest BCUT2D eigenvalue weighted by atomic mass is 16.7. The van der Waals surface area contributed by atoms with Crippen molar-refractivity contribution in [2.24, 2.45) is 0 Å². The summed E-state index contributed by atoms with van der Waals surface area (Å²) in [5.74, 6) is 0.903. The summed E-state index contributed by atoms with van der Waals surface area (Å²) in [5.41, 5.74) is 2.99. The van der Waals surface area contributed by atoms with Gasteiger partial charge in [0.05, 0.1) is 11.4 Å². The molecule has 0 unspecified atom stereocenters. The van der Waals surface area contributed by atoms with E-state index < -0.39 is 0 Å². The molecule has 9 heteroatoms. The first-order valence-corrected chi connectivity index (χ1v) is 9.54. The molecule has 9 nitrogen and oxygen atoms in total. The van der Waals surface area contributed by atoms with Crippen LogP contribution in [0.1, 0.15) is 39.0 Å². The van der Waals surface area contributed by atoms with Gasteiger partial charge < -0.3 is 20.1 Å². The smallest absolute Gasteiger partial charge is 0.274 e. The van der Waals surface area contributed by atoms with E-state index in [9.17, 15) is 9.59 Å². The van der Waals surface area contributed by atoms with Crippen LogP contribution in [-0.2, 0) is 6.54 Å². The van der Waals surface area contributed by atoms with Crippen LogP contribution in [0.2, 0.25) is 0 Å². The van der Waals surface area contributed by atoms with E-state index in [0.29, 0.717) is 41.5 Å². The summed E-state index contributed by atoms with van der Waals surface area (Å²) in [6, 6.07) is 12.5. The Labute approximate surface area is 173 Å². The number of nitrogens with one attached hydrogen (secondary N) is 2. The number of hydrogen-bond acceptors (Lipinski definition) is 6. The Morgan fingerprint density at radius 2 is 1.80 bits per heavy atom. The number of carbonyl (C=O) groups is 2. The minimum absolute atomic E-state index is 0.136. The number of fused-ring (bicyclic) bond motifs is 1. The van der Waals surface area contributed by atoms with Gasteiger partial charge in [0.1, 0.15) is 0 Å². The largest absolute Gasteiger partial charge is 0.454 e. The van der Waals surface area contributed by atoms with E-state index in [1.54, 1.807) is 35.9 Å². The van der Waals surface area contributed by atoms with E-state index in [-0.39, 0.29) is 24.3 Å². The van der Waals surface area contributed by atoms with E-state index in [4.69, 9.17) is 9.47 Å². The summed E-state index contributed by atoms with van der Waals surface area (Å²) in [6.07, 6.45) is 0. The summed E-state index contributed by atoms with van der Waals surface area (Å²) in [7, 11) is 0. The predicted molar refractivity (Wildman–Crippen MR) is 108 cm³/mol. The summed E-state index contributed by atoms with van der Waals surface area (Å²) in [6.45, 7) is 4.73. The lowest BCUT2D eigenvalue weighted by Crippen LogP contribution is -2.24. The lowest BCUT2D eigenvalue weighted by molar-refractivity contribution is 0.0940. The standard InChI is InChI=1S/C21H21N5O4/c1-3-22-20(27)15-5-7-16(8-6-15)26-13(2)19(24-25-26)21(28)23-11-14-4-9-17-18(10-14)30-12-29-17/h4-10H,3,11-12H2,1-2H3,(H,22,27)(H,23,28).